The van der Waals surface area contributed by atoms with Gasteiger partial charge >= 0.3 is 0 Å². The number of nitrogens with zero attached hydrogens (tertiary/aromatic N) is 1. The molecule has 12 heavy (non-hydrogen) atoms. The topological polar surface area (TPSA) is 71.8 Å². The van der Waals surface area contributed by atoms with Crippen molar-refractivity contribution in [1.82, 2.24) is 9.97 Å². The Labute approximate surface area is 75.1 Å². The molecule has 0 amide bonds. The predicted octanol–water partition coefficient (Wildman–Crippen LogP) is 0.607. The first-order valence-corrected chi connectivity index (χ1v) is 3.99. The summed E-state index contributed by atoms with van der Waals surface area (Å²) in [6.45, 7) is 0.367. The Hall–Kier alpha value is -0.870. The highest BCUT2D eigenvalue weighted by Gasteiger charge is 2.14. The molecule has 66 valence electrons. The van der Waals surface area contributed by atoms with Crippen LogP contribution in [0, 0.1) is 0 Å². The van der Waals surface area contributed by atoms with Gasteiger partial charge in [-0.05, 0) is 11.6 Å². The molecule has 1 aromatic rings. The van der Waals surface area contributed by atoms with Gasteiger partial charge < -0.3 is 10.7 Å². The molecule has 0 saturated carbocycles. The molecule has 4 nitrogen and oxygen atoms in total. The maximum Gasteiger partial charge on any atom is 0.222 e. The highest BCUT2D eigenvalue weighted by atomic mass is 35.5. The van der Waals surface area contributed by atoms with Crippen LogP contribution in [0.1, 0.15) is 18.2 Å². The van der Waals surface area contributed by atoms with E-state index < -0.39 is 0 Å². The summed E-state index contributed by atoms with van der Waals surface area (Å²) >= 11 is 5.23. The number of hydrogen-bond acceptors (Lipinski definition) is 3. The molecule has 3 N–H and O–H groups in total. The molecule has 1 atom stereocenters. The van der Waals surface area contributed by atoms with Crippen LogP contribution in [0.3, 0.4) is 0 Å². The molecule has 0 aliphatic carbocycles. The molecule has 1 aromatic heterocycles. The van der Waals surface area contributed by atoms with Gasteiger partial charge in [0.25, 0.3) is 0 Å². The molecule has 0 aromatic carbocycles. The summed E-state index contributed by atoms with van der Waals surface area (Å²) < 4.78 is 0. The van der Waals surface area contributed by atoms with Crippen LogP contribution in [0.15, 0.2) is 12.4 Å². The van der Waals surface area contributed by atoms with Gasteiger partial charge in [-0.3, -0.25) is 4.79 Å². The average molecular weight is 188 g/mol. The summed E-state index contributed by atoms with van der Waals surface area (Å²) in [7, 11) is 0. The molecule has 0 radical (unpaired) electrons. The number of carbonyl (C=O) groups excluding carboxylic acids is 1. The lowest BCUT2D eigenvalue weighted by Gasteiger charge is -2.07. The fraction of sp³-hybridized carbons (Fsp3) is 0.429. The second kappa shape index (κ2) is 4.23. The Kier molecular flexibility index (Phi) is 3.25. The van der Waals surface area contributed by atoms with Crippen molar-refractivity contribution >= 4 is 16.8 Å². The Bertz CT molecular complexity index is 247. The van der Waals surface area contributed by atoms with Crippen LogP contribution < -0.4 is 5.73 Å². The van der Waals surface area contributed by atoms with Crippen molar-refractivity contribution < 1.29 is 4.79 Å². The zero-order chi connectivity index (χ0) is 8.97. The molecule has 1 unspecified atom stereocenters. The smallest absolute Gasteiger partial charge is 0.222 e. The van der Waals surface area contributed by atoms with Crippen LogP contribution in [0.25, 0.3) is 0 Å². The second-order valence-electron chi connectivity index (χ2n) is 2.47. The number of hydrogen-bond donors (Lipinski definition) is 2. The third kappa shape index (κ3) is 2.32. The lowest BCUT2D eigenvalue weighted by molar-refractivity contribution is -0.112. The Morgan fingerprint density at radius 2 is 2.58 bits per heavy atom. The number of halogens is 1. The first-order valence-electron chi connectivity index (χ1n) is 3.61. The third-order valence-corrected chi connectivity index (χ3v) is 1.75. The minimum atomic E-state index is -0.387. The number of nitrogens with one attached hydrogen (secondary N) is 1. The van der Waals surface area contributed by atoms with Gasteiger partial charge in [0.1, 0.15) is 5.82 Å². The number of carbonyl (C=O) groups is 1. The van der Waals surface area contributed by atoms with Crippen LogP contribution in [-0.2, 0) is 4.79 Å². The lowest BCUT2D eigenvalue weighted by Crippen LogP contribution is -2.15. The third-order valence-electron chi connectivity index (χ3n) is 1.60. The molecule has 0 saturated heterocycles. The maximum atomic E-state index is 10.6. The molecular weight excluding hydrogens is 178 g/mol. The van der Waals surface area contributed by atoms with Crippen molar-refractivity contribution in [3.63, 3.8) is 0 Å². The van der Waals surface area contributed by atoms with E-state index >= 15 is 0 Å². The Balaban J connectivity index is 2.63. The van der Waals surface area contributed by atoms with Gasteiger partial charge in [-0.2, -0.15) is 0 Å². The van der Waals surface area contributed by atoms with Gasteiger partial charge in [-0.1, -0.05) is 0 Å². The normalized spacial score (nSPS) is 12.8. The Morgan fingerprint density at radius 3 is 3.00 bits per heavy atom. The number of rotatable bonds is 4. The highest BCUT2D eigenvalue weighted by Crippen LogP contribution is 2.14. The van der Waals surface area contributed by atoms with Crippen molar-refractivity contribution in [2.75, 3.05) is 6.54 Å². The summed E-state index contributed by atoms with van der Waals surface area (Å²) in [4.78, 5) is 17.5. The van der Waals surface area contributed by atoms with Crippen LogP contribution in [0.5, 0.6) is 0 Å². The summed E-state index contributed by atoms with van der Waals surface area (Å²) in [6, 6.07) is 0. The van der Waals surface area contributed by atoms with E-state index in [1.807, 2.05) is 0 Å². The molecular formula is C7H10ClN3O. The molecule has 0 aliphatic heterocycles. The van der Waals surface area contributed by atoms with Gasteiger partial charge in [0, 0.05) is 31.3 Å². The number of aromatic nitrogens is 2. The molecule has 0 spiro atoms. The van der Waals surface area contributed by atoms with Crippen LogP contribution >= 0.6 is 11.6 Å². The van der Waals surface area contributed by atoms with Gasteiger partial charge in [0.05, 0.1) is 0 Å². The van der Waals surface area contributed by atoms with Crippen molar-refractivity contribution in [2.45, 2.75) is 12.3 Å². The van der Waals surface area contributed by atoms with Crippen LogP contribution in [-0.4, -0.2) is 21.8 Å². The number of nitrogens with two attached hydrogens (primary N) is 1. The lowest BCUT2D eigenvalue weighted by atomic mass is 10.1. The van der Waals surface area contributed by atoms with E-state index in [9.17, 15) is 4.79 Å². The van der Waals surface area contributed by atoms with Crippen LogP contribution in [0.2, 0.25) is 0 Å². The average Bonchev–Trinajstić information content (AvgIpc) is 2.51. The van der Waals surface area contributed by atoms with E-state index in [2.05, 4.69) is 9.97 Å². The molecule has 0 fully saturated rings. The van der Waals surface area contributed by atoms with E-state index in [0.29, 0.717) is 12.4 Å². The summed E-state index contributed by atoms with van der Waals surface area (Å²) in [5.74, 6) is 0.622. The molecule has 1 heterocycles. The van der Waals surface area contributed by atoms with Gasteiger partial charge in [-0.15, -0.1) is 0 Å². The summed E-state index contributed by atoms with van der Waals surface area (Å²) in [6.07, 6.45) is 3.54. The van der Waals surface area contributed by atoms with E-state index in [1.165, 1.54) is 0 Å². The number of aromatic amines is 1. The van der Waals surface area contributed by atoms with Crippen molar-refractivity contribution in [1.29, 1.82) is 0 Å². The number of H-pyrrole nitrogens is 1. The summed E-state index contributed by atoms with van der Waals surface area (Å²) in [5.41, 5.74) is 5.44. The minimum absolute atomic E-state index is 0.0926. The zero-order valence-electron chi connectivity index (χ0n) is 6.46. The highest BCUT2D eigenvalue weighted by molar-refractivity contribution is 6.63. The van der Waals surface area contributed by atoms with Crippen LogP contribution in [0.4, 0.5) is 0 Å². The summed E-state index contributed by atoms with van der Waals surface area (Å²) in [5, 5.41) is -0.387. The molecule has 5 heteroatoms. The standard InChI is InChI=1S/C7H10ClN3O/c8-6(12)3-5(4-9)7-10-1-2-11-7/h1-2,5H,3-4,9H2,(H,10,11). The van der Waals surface area contributed by atoms with Gasteiger partial charge in [0.2, 0.25) is 5.24 Å². The van der Waals surface area contributed by atoms with E-state index in [-0.39, 0.29) is 17.6 Å². The molecule has 0 bridgehead atoms. The van der Waals surface area contributed by atoms with Crippen molar-refractivity contribution in [3.8, 4) is 0 Å². The second-order valence-corrected chi connectivity index (χ2v) is 2.89. The minimum Gasteiger partial charge on any atom is -0.348 e. The zero-order valence-corrected chi connectivity index (χ0v) is 7.21. The maximum absolute atomic E-state index is 10.6. The van der Waals surface area contributed by atoms with Crippen molar-refractivity contribution in [2.24, 2.45) is 5.73 Å². The molecule has 0 aliphatic rings. The number of imidazole rings is 1. The SMILES string of the molecule is NCC(CC(=O)Cl)c1ncc[nH]1. The van der Waals surface area contributed by atoms with E-state index in [0.717, 1.165) is 0 Å². The quantitative estimate of drug-likeness (QED) is 0.679. The largest absolute Gasteiger partial charge is 0.348 e. The van der Waals surface area contributed by atoms with Gasteiger partial charge in [-0.25, -0.2) is 4.98 Å². The predicted molar refractivity (Wildman–Crippen MR) is 45.9 cm³/mol. The van der Waals surface area contributed by atoms with E-state index in [1.54, 1.807) is 12.4 Å². The monoisotopic (exact) mass is 187 g/mol. The molecule has 1 rings (SSSR count). The fourth-order valence-corrected chi connectivity index (χ4v) is 1.17. The van der Waals surface area contributed by atoms with E-state index in [4.69, 9.17) is 17.3 Å². The fourth-order valence-electron chi connectivity index (χ4n) is 0.986. The first-order chi connectivity index (χ1) is 5.74. The Morgan fingerprint density at radius 1 is 1.83 bits per heavy atom. The van der Waals surface area contributed by atoms with Crippen molar-refractivity contribution in [3.05, 3.63) is 18.2 Å². The van der Waals surface area contributed by atoms with Gasteiger partial charge in [0.15, 0.2) is 0 Å². The first kappa shape index (κ1) is 9.22.